The molecule has 0 saturated heterocycles. The number of hydrogen-bond donors (Lipinski definition) is 1. The summed E-state index contributed by atoms with van der Waals surface area (Å²) >= 11 is 0. The molecular weight excluding hydrogens is 689 g/mol. The average molecular weight is 721 g/mol. The number of nitrogens with zero attached hydrogens (tertiary/aromatic N) is 3. The molecule has 3 aromatic heterocycles. The third kappa shape index (κ3) is 4.69. The van der Waals surface area contributed by atoms with Crippen molar-refractivity contribution in [3.05, 3.63) is 198 Å². The quantitative estimate of drug-likeness (QED) is 0.192. The van der Waals surface area contributed by atoms with Gasteiger partial charge in [-0.15, -0.1) is 0 Å². The van der Waals surface area contributed by atoms with Crippen LogP contribution >= 0.6 is 0 Å². The maximum Gasteiger partial charge on any atom is 0.159 e. The third-order valence-corrected chi connectivity index (χ3v) is 11.3. The molecule has 6 nitrogen and oxygen atoms in total. The molecule has 264 valence electrons. The van der Waals surface area contributed by atoms with E-state index in [2.05, 4.69) is 156 Å². The molecule has 1 N–H and O–H groups in total. The standard InChI is InChI=1S/C50H32N4O2/c1-2-14-31(15-3-1)48-51-49(33-17-10-16-32(28-33)30-12-4-5-13-30)53-50(52-48)39-20-11-23-43-45(39)38-25-24-34(29-44(38)55-43)54-40-21-8-6-19-37(40)46-41(54)27-26-36-35-18-7-9-22-42(35)56-47(36)46/h1-30,48H,(H,51,52,53). The highest BCUT2D eigenvalue weighted by molar-refractivity contribution is 6.24. The fraction of sp³-hybridized carbons (Fsp3) is 0.0400. The number of nitrogens with one attached hydrogen (secondary N) is 1. The molecular formula is C50H32N4O2. The van der Waals surface area contributed by atoms with E-state index < -0.39 is 0 Å². The van der Waals surface area contributed by atoms with E-state index >= 15 is 0 Å². The van der Waals surface area contributed by atoms with Gasteiger partial charge in [0.25, 0.3) is 0 Å². The van der Waals surface area contributed by atoms with E-state index in [1.54, 1.807) is 0 Å². The maximum absolute atomic E-state index is 6.69. The van der Waals surface area contributed by atoms with Crippen molar-refractivity contribution in [2.24, 2.45) is 9.98 Å². The van der Waals surface area contributed by atoms with E-state index in [4.69, 9.17) is 18.8 Å². The predicted molar refractivity (Wildman–Crippen MR) is 228 cm³/mol. The maximum atomic E-state index is 6.69. The number of hydrogen-bond acceptors (Lipinski definition) is 5. The van der Waals surface area contributed by atoms with Gasteiger partial charge >= 0.3 is 0 Å². The van der Waals surface area contributed by atoms with Crippen LogP contribution in [-0.4, -0.2) is 16.2 Å². The largest absolute Gasteiger partial charge is 0.456 e. The first-order valence-corrected chi connectivity index (χ1v) is 19.0. The van der Waals surface area contributed by atoms with E-state index in [1.165, 1.54) is 5.56 Å². The first-order valence-electron chi connectivity index (χ1n) is 19.0. The van der Waals surface area contributed by atoms with Crippen LogP contribution in [0.1, 0.15) is 34.3 Å². The molecule has 1 aliphatic carbocycles. The van der Waals surface area contributed by atoms with Gasteiger partial charge in [-0.1, -0.05) is 121 Å². The Kier molecular flexibility index (Phi) is 6.65. The summed E-state index contributed by atoms with van der Waals surface area (Å²) in [7, 11) is 0. The zero-order valence-electron chi connectivity index (χ0n) is 30.1. The summed E-state index contributed by atoms with van der Waals surface area (Å²) < 4.78 is 15.6. The number of benzene rings is 7. The van der Waals surface area contributed by atoms with Crippen molar-refractivity contribution in [3.8, 4) is 5.69 Å². The third-order valence-electron chi connectivity index (χ3n) is 11.3. The molecule has 0 saturated carbocycles. The van der Waals surface area contributed by atoms with Crippen LogP contribution < -0.4 is 5.32 Å². The van der Waals surface area contributed by atoms with Gasteiger partial charge in [0.15, 0.2) is 5.84 Å². The molecule has 0 fully saturated rings. The van der Waals surface area contributed by atoms with Gasteiger partial charge < -0.3 is 18.7 Å². The number of allylic oxidation sites excluding steroid dienone is 4. The minimum atomic E-state index is -0.317. The molecule has 10 aromatic rings. The lowest BCUT2D eigenvalue weighted by Crippen LogP contribution is -2.33. The number of para-hydroxylation sites is 2. The monoisotopic (exact) mass is 720 g/mol. The number of fused-ring (bicyclic) bond motifs is 10. The van der Waals surface area contributed by atoms with Crippen molar-refractivity contribution in [2.75, 3.05) is 0 Å². The second-order valence-electron chi connectivity index (χ2n) is 14.5. The fourth-order valence-electron chi connectivity index (χ4n) is 8.72. The van der Waals surface area contributed by atoms with Gasteiger partial charge in [-0.2, -0.15) is 0 Å². The SMILES string of the molecule is C1=CC(c2cccc(C3=NC(c4ccccc4)NC(c4cccc5oc6cc(-n7c8ccccc8c8c9oc%10ccccc%10c9ccc87)ccc6c45)=N3)c2)C=C1. The summed E-state index contributed by atoms with van der Waals surface area (Å²) in [6.45, 7) is 0. The first-order chi connectivity index (χ1) is 27.7. The van der Waals surface area contributed by atoms with Crippen molar-refractivity contribution >= 4 is 77.4 Å². The molecule has 6 heteroatoms. The Balaban J connectivity index is 1.02. The van der Waals surface area contributed by atoms with Crippen LogP contribution in [0.2, 0.25) is 0 Å². The van der Waals surface area contributed by atoms with Gasteiger partial charge in [-0.3, -0.25) is 0 Å². The Morgan fingerprint density at radius 2 is 1.30 bits per heavy atom. The Morgan fingerprint density at radius 3 is 2.21 bits per heavy atom. The van der Waals surface area contributed by atoms with Gasteiger partial charge in [0.2, 0.25) is 0 Å². The second kappa shape index (κ2) is 12.0. The molecule has 2 aliphatic rings. The van der Waals surface area contributed by atoms with E-state index in [-0.39, 0.29) is 12.1 Å². The van der Waals surface area contributed by atoms with E-state index in [0.29, 0.717) is 5.84 Å². The highest BCUT2D eigenvalue weighted by Gasteiger charge is 2.25. The smallest absolute Gasteiger partial charge is 0.159 e. The number of amidine groups is 2. The van der Waals surface area contributed by atoms with Crippen LogP contribution in [0.25, 0.3) is 71.4 Å². The Labute approximate surface area is 321 Å². The Morgan fingerprint density at radius 1 is 0.536 bits per heavy atom. The van der Waals surface area contributed by atoms with Crippen molar-refractivity contribution < 1.29 is 8.83 Å². The molecule has 12 rings (SSSR count). The number of rotatable bonds is 5. The lowest BCUT2D eigenvalue weighted by Gasteiger charge is -2.24. The summed E-state index contributed by atoms with van der Waals surface area (Å²) in [5.41, 5.74) is 10.8. The van der Waals surface area contributed by atoms with Crippen LogP contribution in [0.3, 0.4) is 0 Å². The Hall–Kier alpha value is -7.44. The van der Waals surface area contributed by atoms with E-state index in [9.17, 15) is 0 Å². The zero-order chi connectivity index (χ0) is 36.7. The van der Waals surface area contributed by atoms with E-state index in [1.807, 2.05) is 30.3 Å². The minimum absolute atomic E-state index is 0.246. The molecule has 0 spiro atoms. The summed E-state index contributed by atoms with van der Waals surface area (Å²) in [4.78, 5) is 10.4. The van der Waals surface area contributed by atoms with Crippen molar-refractivity contribution in [3.63, 3.8) is 0 Å². The van der Waals surface area contributed by atoms with Gasteiger partial charge in [0.1, 0.15) is 34.3 Å². The first kappa shape index (κ1) is 31.0. The molecule has 4 heterocycles. The summed E-state index contributed by atoms with van der Waals surface area (Å²) in [5, 5.41) is 10.2. The normalized spacial score (nSPS) is 15.8. The molecule has 1 aliphatic heterocycles. The highest BCUT2D eigenvalue weighted by atomic mass is 16.3. The lowest BCUT2D eigenvalue weighted by molar-refractivity contribution is 0.667. The van der Waals surface area contributed by atoms with Crippen LogP contribution in [0.15, 0.2) is 195 Å². The molecule has 1 atom stereocenters. The summed E-state index contributed by atoms with van der Waals surface area (Å²) in [6, 6.07) is 52.9. The van der Waals surface area contributed by atoms with Crippen molar-refractivity contribution in [1.29, 1.82) is 0 Å². The Bertz CT molecular complexity index is 3340. The lowest BCUT2D eigenvalue weighted by atomic mass is 9.98. The number of aromatic nitrogens is 1. The molecule has 1 unspecified atom stereocenters. The van der Waals surface area contributed by atoms with Crippen molar-refractivity contribution in [1.82, 2.24) is 9.88 Å². The molecule has 7 aromatic carbocycles. The minimum Gasteiger partial charge on any atom is -0.456 e. The summed E-state index contributed by atoms with van der Waals surface area (Å²) in [5.74, 6) is 1.69. The van der Waals surface area contributed by atoms with Crippen LogP contribution in [0.4, 0.5) is 0 Å². The predicted octanol–water partition coefficient (Wildman–Crippen LogP) is 12.3. The van der Waals surface area contributed by atoms with Crippen LogP contribution in [-0.2, 0) is 0 Å². The van der Waals surface area contributed by atoms with Gasteiger partial charge in [-0.05, 0) is 59.7 Å². The topological polar surface area (TPSA) is 68.0 Å². The van der Waals surface area contributed by atoms with Gasteiger partial charge in [0.05, 0.1) is 16.4 Å². The number of furan rings is 2. The van der Waals surface area contributed by atoms with Gasteiger partial charge in [-0.25, -0.2) is 9.98 Å². The van der Waals surface area contributed by atoms with Crippen LogP contribution in [0.5, 0.6) is 0 Å². The molecule has 0 bridgehead atoms. The molecule has 56 heavy (non-hydrogen) atoms. The molecule has 0 amide bonds. The average Bonchev–Trinajstić information content (AvgIpc) is 4.07. The fourth-order valence-corrected chi connectivity index (χ4v) is 8.72. The van der Waals surface area contributed by atoms with Crippen molar-refractivity contribution in [2.45, 2.75) is 12.1 Å². The molecule has 0 radical (unpaired) electrons. The highest BCUT2D eigenvalue weighted by Crippen LogP contribution is 2.42. The van der Waals surface area contributed by atoms with Gasteiger partial charge in [0, 0.05) is 55.7 Å². The van der Waals surface area contributed by atoms with E-state index in [0.717, 1.165) is 93.9 Å². The second-order valence-corrected chi connectivity index (χ2v) is 14.5. The number of aliphatic imine (C=N–C) groups is 2. The summed E-state index contributed by atoms with van der Waals surface area (Å²) in [6.07, 6.45) is 8.30. The van der Waals surface area contributed by atoms with Crippen LogP contribution in [0, 0.1) is 0 Å². The zero-order valence-corrected chi connectivity index (χ0v) is 30.1.